The lowest BCUT2D eigenvalue weighted by molar-refractivity contribution is -0.122. The molecule has 3 aliphatic rings. The minimum atomic E-state index is -0.231. The fourth-order valence-corrected chi connectivity index (χ4v) is 5.76. The van der Waals surface area contributed by atoms with Gasteiger partial charge in [0, 0.05) is 36.2 Å². The van der Waals surface area contributed by atoms with Crippen LogP contribution >= 0.6 is 0 Å². The van der Waals surface area contributed by atoms with Crippen molar-refractivity contribution in [2.45, 2.75) is 76.3 Å². The molecule has 8 nitrogen and oxygen atoms in total. The summed E-state index contributed by atoms with van der Waals surface area (Å²) in [6.45, 7) is 3.62. The monoisotopic (exact) mass is 477 g/mol. The highest BCUT2D eigenvalue weighted by molar-refractivity contribution is 5.96. The van der Waals surface area contributed by atoms with Crippen LogP contribution in [0, 0.1) is 6.92 Å². The Balaban J connectivity index is 1.03. The van der Waals surface area contributed by atoms with Crippen LogP contribution in [-0.2, 0) is 17.6 Å². The Bertz CT molecular complexity index is 1150. The Kier molecular flexibility index (Phi) is 7.00. The molecular formula is C27H35N5O3. The zero-order valence-corrected chi connectivity index (χ0v) is 20.4. The maximum absolute atomic E-state index is 12.5. The Morgan fingerprint density at radius 1 is 1.11 bits per heavy atom. The molecule has 0 atom stereocenters. The molecule has 8 heteroatoms. The van der Waals surface area contributed by atoms with Gasteiger partial charge in [0.25, 0.3) is 11.5 Å². The SMILES string of the molecule is Cc1cccc(C(=O)NCC(=O)NC2CN(C3CCC(c4nc5c(c(=O)[nH]4)CCCC5)CC3)C2)c1. The molecule has 5 rings (SSSR count). The molecule has 3 N–H and O–H groups in total. The molecule has 1 aromatic heterocycles. The number of aromatic amines is 1. The normalized spacial score (nSPS) is 22.7. The highest BCUT2D eigenvalue weighted by atomic mass is 16.2. The van der Waals surface area contributed by atoms with Gasteiger partial charge >= 0.3 is 0 Å². The van der Waals surface area contributed by atoms with Crippen molar-refractivity contribution in [3.63, 3.8) is 0 Å². The van der Waals surface area contributed by atoms with E-state index >= 15 is 0 Å². The highest BCUT2D eigenvalue weighted by Crippen LogP contribution is 2.35. The average molecular weight is 478 g/mol. The first-order valence-corrected chi connectivity index (χ1v) is 13.0. The van der Waals surface area contributed by atoms with Gasteiger partial charge in [-0.25, -0.2) is 4.98 Å². The number of aryl methyl sites for hydroxylation is 2. The van der Waals surface area contributed by atoms with Crippen LogP contribution in [0.25, 0.3) is 0 Å². The summed E-state index contributed by atoms with van der Waals surface area (Å²) >= 11 is 0. The van der Waals surface area contributed by atoms with E-state index in [9.17, 15) is 14.4 Å². The first-order valence-electron chi connectivity index (χ1n) is 13.0. The molecule has 35 heavy (non-hydrogen) atoms. The van der Waals surface area contributed by atoms with Gasteiger partial charge in [-0.2, -0.15) is 0 Å². The highest BCUT2D eigenvalue weighted by Gasteiger charge is 2.36. The molecular weight excluding hydrogens is 442 g/mol. The largest absolute Gasteiger partial charge is 0.349 e. The molecule has 0 spiro atoms. The van der Waals surface area contributed by atoms with Gasteiger partial charge < -0.3 is 15.6 Å². The van der Waals surface area contributed by atoms with Gasteiger partial charge in [0.15, 0.2) is 0 Å². The predicted molar refractivity (Wildman–Crippen MR) is 134 cm³/mol. The number of aromatic nitrogens is 2. The van der Waals surface area contributed by atoms with E-state index in [-0.39, 0.29) is 30.0 Å². The van der Waals surface area contributed by atoms with Gasteiger partial charge in [0.2, 0.25) is 5.91 Å². The first-order chi connectivity index (χ1) is 17.0. The zero-order valence-electron chi connectivity index (χ0n) is 20.4. The summed E-state index contributed by atoms with van der Waals surface area (Å²) in [6.07, 6.45) is 8.23. The lowest BCUT2D eigenvalue weighted by Crippen LogP contribution is -2.63. The topological polar surface area (TPSA) is 107 Å². The smallest absolute Gasteiger partial charge is 0.254 e. The van der Waals surface area contributed by atoms with Crippen molar-refractivity contribution >= 4 is 11.8 Å². The second-order valence-electron chi connectivity index (χ2n) is 10.4. The number of hydrogen-bond acceptors (Lipinski definition) is 5. The maximum Gasteiger partial charge on any atom is 0.254 e. The van der Waals surface area contributed by atoms with Gasteiger partial charge in [-0.15, -0.1) is 0 Å². The van der Waals surface area contributed by atoms with Crippen molar-refractivity contribution in [1.29, 1.82) is 0 Å². The molecule has 2 amide bonds. The molecule has 1 saturated carbocycles. The third-order valence-corrected chi connectivity index (χ3v) is 7.77. The molecule has 1 aliphatic heterocycles. The molecule has 1 saturated heterocycles. The van der Waals surface area contributed by atoms with Crippen molar-refractivity contribution in [3.05, 3.63) is 62.8 Å². The van der Waals surface area contributed by atoms with Crippen LogP contribution in [0.5, 0.6) is 0 Å². The van der Waals surface area contributed by atoms with Crippen LogP contribution in [0.2, 0.25) is 0 Å². The van der Waals surface area contributed by atoms with Gasteiger partial charge in [-0.05, 0) is 70.4 Å². The number of hydrogen-bond donors (Lipinski definition) is 3. The van der Waals surface area contributed by atoms with Crippen LogP contribution in [0.3, 0.4) is 0 Å². The number of amides is 2. The van der Waals surface area contributed by atoms with Crippen molar-refractivity contribution < 1.29 is 9.59 Å². The van der Waals surface area contributed by atoms with Crippen molar-refractivity contribution in [3.8, 4) is 0 Å². The number of carbonyl (C=O) groups excluding carboxylic acids is 2. The van der Waals surface area contributed by atoms with Gasteiger partial charge in [-0.1, -0.05) is 17.7 Å². The second-order valence-corrected chi connectivity index (χ2v) is 10.4. The minimum Gasteiger partial charge on any atom is -0.349 e. The summed E-state index contributed by atoms with van der Waals surface area (Å²) in [7, 11) is 0. The average Bonchev–Trinajstić information content (AvgIpc) is 2.84. The molecule has 1 aromatic carbocycles. The van der Waals surface area contributed by atoms with Crippen LogP contribution < -0.4 is 16.2 Å². The number of fused-ring (bicyclic) bond motifs is 1. The lowest BCUT2D eigenvalue weighted by atomic mass is 9.83. The van der Waals surface area contributed by atoms with E-state index in [4.69, 9.17) is 4.98 Å². The van der Waals surface area contributed by atoms with E-state index in [1.54, 1.807) is 6.07 Å². The fourth-order valence-electron chi connectivity index (χ4n) is 5.76. The summed E-state index contributed by atoms with van der Waals surface area (Å²) < 4.78 is 0. The Labute approximate surface area is 205 Å². The maximum atomic E-state index is 12.5. The quantitative estimate of drug-likeness (QED) is 0.591. The summed E-state index contributed by atoms with van der Waals surface area (Å²) in [4.78, 5) is 47.4. The molecule has 2 aromatic rings. The van der Waals surface area contributed by atoms with Crippen LogP contribution in [0.15, 0.2) is 29.1 Å². The number of nitrogens with one attached hydrogen (secondary N) is 3. The third-order valence-electron chi connectivity index (χ3n) is 7.77. The lowest BCUT2D eigenvalue weighted by Gasteiger charge is -2.46. The number of carbonyl (C=O) groups is 2. The van der Waals surface area contributed by atoms with Crippen molar-refractivity contribution in [2.75, 3.05) is 19.6 Å². The summed E-state index contributed by atoms with van der Waals surface area (Å²) in [5.41, 5.74) is 3.57. The van der Waals surface area contributed by atoms with Crippen LogP contribution in [-0.4, -0.2) is 58.4 Å². The number of H-pyrrole nitrogens is 1. The second kappa shape index (κ2) is 10.3. The van der Waals surface area contributed by atoms with E-state index < -0.39 is 0 Å². The minimum absolute atomic E-state index is 0.0135. The fraction of sp³-hybridized carbons (Fsp3) is 0.556. The number of benzene rings is 1. The Morgan fingerprint density at radius 3 is 2.66 bits per heavy atom. The molecule has 0 unspecified atom stereocenters. The standard InChI is InChI=1S/C27H35N5O3/c1-17-5-4-6-19(13-17)26(34)28-14-24(33)29-20-15-32(16-20)21-11-9-18(10-12-21)25-30-23-8-3-2-7-22(23)27(35)31-25/h4-6,13,18,20-21H,2-3,7-12,14-16H2,1H3,(H,28,34)(H,29,33)(H,30,31,35). The summed E-state index contributed by atoms with van der Waals surface area (Å²) in [5, 5.41) is 5.73. The van der Waals surface area contributed by atoms with Gasteiger partial charge in [0.1, 0.15) is 5.82 Å². The molecule has 0 radical (unpaired) electrons. The van der Waals surface area contributed by atoms with E-state index in [1.165, 1.54) is 0 Å². The predicted octanol–water partition coefficient (Wildman–Crippen LogP) is 2.21. The summed E-state index contributed by atoms with van der Waals surface area (Å²) in [6, 6.07) is 7.98. The Morgan fingerprint density at radius 2 is 1.89 bits per heavy atom. The first kappa shape index (κ1) is 23.7. The summed E-state index contributed by atoms with van der Waals surface area (Å²) in [5.74, 6) is 0.836. The van der Waals surface area contributed by atoms with Crippen LogP contribution in [0.4, 0.5) is 0 Å². The molecule has 2 heterocycles. The van der Waals surface area contributed by atoms with E-state index in [1.807, 2.05) is 25.1 Å². The molecule has 0 bridgehead atoms. The number of rotatable bonds is 6. The van der Waals surface area contributed by atoms with Crippen molar-refractivity contribution in [2.24, 2.45) is 0 Å². The number of likely N-dealkylation sites (tertiary alicyclic amines) is 1. The van der Waals surface area contributed by atoms with E-state index in [0.717, 1.165) is 87.1 Å². The van der Waals surface area contributed by atoms with E-state index in [0.29, 0.717) is 17.5 Å². The van der Waals surface area contributed by atoms with E-state index in [2.05, 4.69) is 20.5 Å². The zero-order chi connectivity index (χ0) is 24.4. The Hall–Kier alpha value is -3.00. The molecule has 2 fully saturated rings. The third kappa shape index (κ3) is 5.48. The van der Waals surface area contributed by atoms with Gasteiger partial charge in [-0.3, -0.25) is 19.3 Å². The number of nitrogens with zero attached hydrogens (tertiary/aromatic N) is 2. The molecule has 2 aliphatic carbocycles. The van der Waals surface area contributed by atoms with Crippen molar-refractivity contribution in [1.82, 2.24) is 25.5 Å². The molecule has 186 valence electrons. The van der Waals surface area contributed by atoms with Crippen LogP contribution in [0.1, 0.15) is 77.4 Å². The van der Waals surface area contributed by atoms with Gasteiger partial charge in [0.05, 0.1) is 18.3 Å².